The van der Waals surface area contributed by atoms with Gasteiger partial charge in [-0.15, -0.1) is 10.2 Å². The SMILES string of the molecule is Cc1cc(C)n2nc(N)c(N=Nc3ccccc3C)c2n1. The summed E-state index contributed by atoms with van der Waals surface area (Å²) in [5, 5.41) is 12.8. The molecule has 0 saturated heterocycles. The zero-order valence-corrected chi connectivity index (χ0v) is 12.2. The summed E-state index contributed by atoms with van der Waals surface area (Å²) in [6, 6.07) is 9.73. The molecule has 0 fully saturated rings. The van der Waals surface area contributed by atoms with Crippen molar-refractivity contribution < 1.29 is 0 Å². The lowest BCUT2D eigenvalue weighted by atomic mass is 10.2. The average molecular weight is 280 g/mol. The van der Waals surface area contributed by atoms with Crippen LogP contribution in [-0.2, 0) is 0 Å². The van der Waals surface area contributed by atoms with Crippen molar-refractivity contribution in [2.24, 2.45) is 10.2 Å². The average Bonchev–Trinajstić information content (AvgIpc) is 2.75. The molecule has 0 saturated carbocycles. The number of aryl methyl sites for hydroxylation is 3. The van der Waals surface area contributed by atoms with Crippen LogP contribution in [-0.4, -0.2) is 14.6 Å². The van der Waals surface area contributed by atoms with Crippen molar-refractivity contribution in [3.63, 3.8) is 0 Å². The lowest BCUT2D eigenvalue weighted by Gasteiger charge is -2.00. The van der Waals surface area contributed by atoms with Crippen molar-refractivity contribution in [1.29, 1.82) is 0 Å². The maximum atomic E-state index is 5.95. The number of nitrogens with two attached hydrogens (primary N) is 1. The van der Waals surface area contributed by atoms with Crippen LogP contribution in [0.3, 0.4) is 0 Å². The van der Waals surface area contributed by atoms with E-state index >= 15 is 0 Å². The molecule has 1 aromatic carbocycles. The van der Waals surface area contributed by atoms with Crippen molar-refractivity contribution in [1.82, 2.24) is 14.6 Å². The van der Waals surface area contributed by atoms with E-state index in [1.807, 2.05) is 51.1 Å². The smallest absolute Gasteiger partial charge is 0.185 e. The van der Waals surface area contributed by atoms with Crippen molar-refractivity contribution in [2.75, 3.05) is 5.73 Å². The van der Waals surface area contributed by atoms with Gasteiger partial charge >= 0.3 is 0 Å². The molecule has 3 rings (SSSR count). The number of fused-ring (bicyclic) bond motifs is 1. The Bertz CT molecular complexity index is 847. The first kappa shape index (κ1) is 13.2. The molecule has 2 heterocycles. The van der Waals surface area contributed by atoms with Gasteiger partial charge in [-0.25, -0.2) is 9.50 Å². The van der Waals surface area contributed by atoms with Crippen LogP contribution < -0.4 is 5.73 Å². The van der Waals surface area contributed by atoms with Gasteiger partial charge in [-0.3, -0.25) is 0 Å². The van der Waals surface area contributed by atoms with Crippen LogP contribution in [0.4, 0.5) is 17.2 Å². The van der Waals surface area contributed by atoms with E-state index in [9.17, 15) is 0 Å². The van der Waals surface area contributed by atoms with E-state index in [4.69, 9.17) is 5.73 Å². The molecule has 2 N–H and O–H groups in total. The first-order valence-corrected chi connectivity index (χ1v) is 6.66. The van der Waals surface area contributed by atoms with Crippen LogP contribution in [0, 0.1) is 20.8 Å². The summed E-state index contributed by atoms with van der Waals surface area (Å²) in [6.45, 7) is 5.87. The number of anilines is 1. The van der Waals surface area contributed by atoms with Gasteiger partial charge < -0.3 is 5.73 Å². The quantitative estimate of drug-likeness (QED) is 0.727. The molecule has 0 aliphatic heterocycles. The first-order chi connectivity index (χ1) is 10.1. The van der Waals surface area contributed by atoms with E-state index in [1.54, 1.807) is 4.52 Å². The number of hydrogen-bond acceptors (Lipinski definition) is 5. The highest BCUT2D eigenvalue weighted by Gasteiger charge is 2.13. The van der Waals surface area contributed by atoms with Gasteiger partial charge in [0.15, 0.2) is 17.2 Å². The second-order valence-corrected chi connectivity index (χ2v) is 4.99. The van der Waals surface area contributed by atoms with Crippen LogP contribution in [0.1, 0.15) is 17.0 Å². The van der Waals surface area contributed by atoms with E-state index in [-0.39, 0.29) is 0 Å². The van der Waals surface area contributed by atoms with Gasteiger partial charge in [0.1, 0.15) is 0 Å². The minimum atomic E-state index is 0.327. The summed E-state index contributed by atoms with van der Waals surface area (Å²) in [7, 11) is 0. The topological polar surface area (TPSA) is 80.9 Å². The van der Waals surface area contributed by atoms with Crippen LogP contribution >= 0.6 is 0 Å². The monoisotopic (exact) mass is 280 g/mol. The minimum Gasteiger partial charge on any atom is -0.380 e. The molecule has 106 valence electrons. The number of nitrogen functional groups attached to an aromatic ring is 1. The minimum absolute atomic E-state index is 0.327. The molecule has 0 amide bonds. The van der Waals surface area contributed by atoms with E-state index in [0.29, 0.717) is 17.2 Å². The molecular weight excluding hydrogens is 264 g/mol. The van der Waals surface area contributed by atoms with Gasteiger partial charge in [-0.1, -0.05) is 18.2 Å². The summed E-state index contributed by atoms with van der Waals surface area (Å²) in [6.07, 6.45) is 0. The summed E-state index contributed by atoms with van der Waals surface area (Å²) >= 11 is 0. The Morgan fingerprint density at radius 1 is 1.10 bits per heavy atom. The molecule has 6 heteroatoms. The van der Waals surface area contributed by atoms with E-state index in [0.717, 1.165) is 22.6 Å². The zero-order chi connectivity index (χ0) is 15.0. The Morgan fingerprint density at radius 3 is 2.62 bits per heavy atom. The third-order valence-corrected chi connectivity index (χ3v) is 3.27. The first-order valence-electron chi connectivity index (χ1n) is 6.66. The number of rotatable bonds is 2. The maximum absolute atomic E-state index is 5.95. The van der Waals surface area contributed by atoms with E-state index < -0.39 is 0 Å². The number of nitrogens with zero attached hydrogens (tertiary/aromatic N) is 5. The molecule has 0 unspecified atom stereocenters. The predicted molar refractivity (Wildman–Crippen MR) is 82.2 cm³/mol. The maximum Gasteiger partial charge on any atom is 0.185 e. The second kappa shape index (κ2) is 4.97. The summed E-state index contributed by atoms with van der Waals surface area (Å²) in [5.74, 6) is 0.327. The largest absolute Gasteiger partial charge is 0.380 e. The standard InChI is InChI=1S/C15H16N6/c1-9-6-4-5-7-12(9)18-19-13-14(16)20-21-11(3)8-10(2)17-15(13)21/h4-8H,1-3H3,(H2,16,20). The van der Waals surface area contributed by atoms with Gasteiger partial charge in [0.25, 0.3) is 0 Å². The summed E-state index contributed by atoms with van der Waals surface area (Å²) in [4.78, 5) is 4.46. The molecule has 0 aliphatic carbocycles. The number of hydrogen-bond donors (Lipinski definition) is 1. The third kappa shape index (κ3) is 2.35. The Morgan fingerprint density at radius 2 is 1.86 bits per heavy atom. The lowest BCUT2D eigenvalue weighted by molar-refractivity contribution is 0.890. The van der Waals surface area contributed by atoms with Crippen molar-refractivity contribution in [3.8, 4) is 0 Å². The fourth-order valence-electron chi connectivity index (χ4n) is 2.20. The fourth-order valence-corrected chi connectivity index (χ4v) is 2.20. The van der Waals surface area contributed by atoms with E-state index in [2.05, 4.69) is 20.3 Å². The molecule has 0 spiro atoms. The molecule has 2 aromatic heterocycles. The van der Waals surface area contributed by atoms with Gasteiger partial charge in [-0.05, 0) is 38.5 Å². The molecule has 0 bridgehead atoms. The number of azo groups is 1. The zero-order valence-electron chi connectivity index (χ0n) is 12.2. The highest BCUT2D eigenvalue weighted by Crippen LogP contribution is 2.29. The Labute approximate surface area is 122 Å². The molecule has 3 aromatic rings. The molecule has 0 atom stereocenters. The summed E-state index contributed by atoms with van der Waals surface area (Å²) in [5.41, 5.74) is 10.8. The lowest BCUT2D eigenvalue weighted by Crippen LogP contribution is -1.97. The second-order valence-electron chi connectivity index (χ2n) is 4.99. The predicted octanol–water partition coefficient (Wildman–Crippen LogP) is 3.65. The van der Waals surface area contributed by atoms with Gasteiger partial charge in [0.2, 0.25) is 0 Å². The molecule has 6 nitrogen and oxygen atoms in total. The van der Waals surface area contributed by atoms with Gasteiger partial charge in [0.05, 0.1) is 5.69 Å². The normalized spacial score (nSPS) is 11.6. The number of benzene rings is 1. The van der Waals surface area contributed by atoms with Crippen LogP contribution in [0.2, 0.25) is 0 Å². The highest BCUT2D eigenvalue weighted by atomic mass is 15.3. The highest BCUT2D eigenvalue weighted by molar-refractivity contribution is 5.75. The number of aromatic nitrogens is 3. The van der Waals surface area contributed by atoms with Crippen LogP contribution in [0.15, 0.2) is 40.6 Å². The molecular formula is C15H16N6. The molecule has 21 heavy (non-hydrogen) atoms. The van der Waals surface area contributed by atoms with Crippen molar-refractivity contribution in [3.05, 3.63) is 47.3 Å². The van der Waals surface area contributed by atoms with Crippen LogP contribution in [0.5, 0.6) is 0 Å². The van der Waals surface area contributed by atoms with Crippen LogP contribution in [0.25, 0.3) is 5.65 Å². The Kier molecular flexibility index (Phi) is 3.13. The van der Waals surface area contributed by atoms with E-state index in [1.165, 1.54) is 0 Å². The Balaban J connectivity index is 2.13. The summed E-state index contributed by atoms with van der Waals surface area (Å²) < 4.78 is 1.69. The van der Waals surface area contributed by atoms with Gasteiger partial charge in [0, 0.05) is 11.4 Å². The third-order valence-electron chi connectivity index (χ3n) is 3.27. The Hall–Kier alpha value is -2.76. The molecule has 0 radical (unpaired) electrons. The molecule has 0 aliphatic rings. The van der Waals surface area contributed by atoms with Gasteiger partial charge in [-0.2, -0.15) is 5.11 Å². The van der Waals surface area contributed by atoms with Crippen molar-refractivity contribution >= 4 is 22.8 Å². The fraction of sp³-hybridized carbons (Fsp3) is 0.200. The van der Waals surface area contributed by atoms with Crippen molar-refractivity contribution in [2.45, 2.75) is 20.8 Å².